The Morgan fingerprint density at radius 3 is 2.67 bits per heavy atom. The zero-order chi connectivity index (χ0) is 11.3. The minimum Gasteiger partial charge on any atom is -0.508 e. The number of unbranched alkanes of at least 4 members (excludes halogenated alkanes) is 1. The molecule has 0 heterocycles. The van der Waals surface area contributed by atoms with Crippen LogP contribution in [-0.4, -0.2) is 15.3 Å². The quantitative estimate of drug-likeness (QED) is 0.697. The van der Waals surface area contributed by atoms with Crippen LogP contribution in [0.1, 0.15) is 43.4 Å². The van der Waals surface area contributed by atoms with Gasteiger partial charge in [-0.2, -0.15) is 0 Å². The molecule has 0 unspecified atom stereocenters. The van der Waals surface area contributed by atoms with E-state index in [2.05, 4.69) is 6.92 Å². The fourth-order valence-electron chi connectivity index (χ4n) is 1.63. The third-order valence-corrected chi connectivity index (χ3v) is 2.54. The summed E-state index contributed by atoms with van der Waals surface area (Å²) in [6.45, 7) is 1.81. The number of rotatable bonds is 5. The number of aliphatic hydroxyl groups is 2. The van der Waals surface area contributed by atoms with Crippen LogP contribution >= 0.6 is 0 Å². The van der Waals surface area contributed by atoms with Crippen LogP contribution in [0.2, 0.25) is 0 Å². The largest absolute Gasteiger partial charge is 0.508 e. The van der Waals surface area contributed by atoms with Gasteiger partial charge in [0, 0.05) is 5.56 Å². The zero-order valence-corrected chi connectivity index (χ0v) is 8.98. The summed E-state index contributed by atoms with van der Waals surface area (Å²) < 4.78 is 0. The van der Waals surface area contributed by atoms with Crippen LogP contribution in [0.15, 0.2) is 18.2 Å². The third-order valence-electron chi connectivity index (χ3n) is 2.54. The van der Waals surface area contributed by atoms with Gasteiger partial charge in [-0.3, -0.25) is 0 Å². The van der Waals surface area contributed by atoms with Crippen molar-refractivity contribution in [3.63, 3.8) is 0 Å². The van der Waals surface area contributed by atoms with E-state index in [1.807, 2.05) is 0 Å². The predicted octanol–water partition coefficient (Wildman–Crippen LogP) is 2.11. The van der Waals surface area contributed by atoms with E-state index >= 15 is 0 Å². The van der Waals surface area contributed by atoms with Gasteiger partial charge in [0.1, 0.15) is 5.75 Å². The Labute approximate surface area is 90.0 Å². The normalized spacial score (nSPS) is 12.7. The molecular weight excluding hydrogens is 192 g/mol. The number of aliphatic hydroxyl groups excluding tert-OH is 2. The Kier molecular flexibility index (Phi) is 4.59. The first-order valence-corrected chi connectivity index (χ1v) is 5.30. The van der Waals surface area contributed by atoms with Crippen molar-refractivity contribution in [2.75, 3.05) is 0 Å². The molecule has 0 amide bonds. The molecule has 1 aromatic rings. The lowest BCUT2D eigenvalue weighted by Gasteiger charge is -2.15. The molecule has 3 nitrogen and oxygen atoms in total. The van der Waals surface area contributed by atoms with Crippen molar-refractivity contribution in [2.45, 2.75) is 38.9 Å². The molecular formula is C12H18O3. The van der Waals surface area contributed by atoms with Crippen molar-refractivity contribution < 1.29 is 15.3 Å². The van der Waals surface area contributed by atoms with E-state index in [0.29, 0.717) is 17.5 Å². The highest BCUT2D eigenvalue weighted by Crippen LogP contribution is 2.28. The molecule has 1 aromatic carbocycles. The van der Waals surface area contributed by atoms with Gasteiger partial charge in [-0.15, -0.1) is 0 Å². The van der Waals surface area contributed by atoms with Gasteiger partial charge in [-0.25, -0.2) is 0 Å². The lowest BCUT2D eigenvalue weighted by Crippen LogP contribution is -2.02. The van der Waals surface area contributed by atoms with E-state index < -0.39 is 6.10 Å². The van der Waals surface area contributed by atoms with Crippen molar-refractivity contribution in [3.8, 4) is 5.75 Å². The van der Waals surface area contributed by atoms with Crippen molar-refractivity contribution in [3.05, 3.63) is 29.3 Å². The van der Waals surface area contributed by atoms with Crippen LogP contribution < -0.4 is 0 Å². The fourth-order valence-corrected chi connectivity index (χ4v) is 1.63. The molecule has 0 bridgehead atoms. The average molecular weight is 210 g/mol. The van der Waals surface area contributed by atoms with Gasteiger partial charge in [0.2, 0.25) is 0 Å². The number of hydrogen-bond donors (Lipinski definition) is 3. The molecule has 1 atom stereocenters. The summed E-state index contributed by atoms with van der Waals surface area (Å²) in [5.74, 6) is 0.0468. The Balaban J connectivity index is 2.87. The summed E-state index contributed by atoms with van der Waals surface area (Å²) in [5, 5.41) is 28.5. The maximum atomic E-state index is 9.87. The minimum absolute atomic E-state index is 0.0468. The van der Waals surface area contributed by atoms with Crippen LogP contribution in [0.25, 0.3) is 0 Å². The molecule has 0 aliphatic heterocycles. The second-order valence-corrected chi connectivity index (χ2v) is 3.66. The van der Waals surface area contributed by atoms with Crippen LogP contribution in [0.3, 0.4) is 0 Å². The molecule has 0 aliphatic rings. The van der Waals surface area contributed by atoms with Crippen LogP contribution in [0.5, 0.6) is 5.75 Å². The highest BCUT2D eigenvalue weighted by atomic mass is 16.3. The number of benzene rings is 1. The molecule has 15 heavy (non-hydrogen) atoms. The molecule has 3 N–H and O–H groups in total. The molecule has 0 saturated carbocycles. The smallest absolute Gasteiger partial charge is 0.121 e. The maximum absolute atomic E-state index is 9.87. The third kappa shape index (κ3) is 2.94. The van der Waals surface area contributed by atoms with Crippen LogP contribution in [0.4, 0.5) is 0 Å². The predicted molar refractivity (Wildman–Crippen MR) is 58.5 cm³/mol. The van der Waals surface area contributed by atoms with Gasteiger partial charge in [0.05, 0.1) is 12.7 Å². The van der Waals surface area contributed by atoms with Crippen molar-refractivity contribution in [2.24, 2.45) is 0 Å². The molecule has 0 saturated heterocycles. The SMILES string of the molecule is CCCC[C@H](O)c1cccc(O)c1CO. The first-order chi connectivity index (χ1) is 7.20. The highest BCUT2D eigenvalue weighted by Gasteiger charge is 2.13. The van der Waals surface area contributed by atoms with Crippen molar-refractivity contribution >= 4 is 0 Å². The minimum atomic E-state index is -0.598. The molecule has 1 rings (SSSR count). The summed E-state index contributed by atoms with van der Waals surface area (Å²) >= 11 is 0. The molecule has 84 valence electrons. The number of hydrogen-bond acceptors (Lipinski definition) is 3. The Morgan fingerprint density at radius 1 is 1.33 bits per heavy atom. The second-order valence-electron chi connectivity index (χ2n) is 3.66. The first-order valence-electron chi connectivity index (χ1n) is 5.30. The molecule has 0 radical (unpaired) electrons. The van der Waals surface area contributed by atoms with Crippen molar-refractivity contribution in [1.29, 1.82) is 0 Å². The Bertz CT molecular complexity index is 310. The fraction of sp³-hybridized carbons (Fsp3) is 0.500. The summed E-state index contributed by atoms with van der Waals surface area (Å²) in [6, 6.07) is 4.94. The van der Waals surface area contributed by atoms with Gasteiger partial charge in [-0.1, -0.05) is 31.9 Å². The molecule has 0 spiro atoms. The standard InChI is InChI=1S/C12H18O3/c1-2-3-6-11(14)9-5-4-7-12(15)10(9)8-13/h4-5,7,11,13-15H,2-3,6,8H2,1H3/t11-/m0/s1. The van der Waals surface area contributed by atoms with Gasteiger partial charge >= 0.3 is 0 Å². The van der Waals surface area contributed by atoms with E-state index in [4.69, 9.17) is 5.11 Å². The summed E-state index contributed by atoms with van der Waals surface area (Å²) in [4.78, 5) is 0. The first kappa shape index (κ1) is 12.0. The number of aromatic hydroxyl groups is 1. The summed E-state index contributed by atoms with van der Waals surface area (Å²) in [5.41, 5.74) is 1.06. The molecule has 0 aliphatic carbocycles. The van der Waals surface area contributed by atoms with E-state index in [1.165, 1.54) is 6.07 Å². The van der Waals surface area contributed by atoms with E-state index in [9.17, 15) is 10.2 Å². The monoisotopic (exact) mass is 210 g/mol. The van der Waals surface area contributed by atoms with Crippen LogP contribution in [0, 0.1) is 0 Å². The summed E-state index contributed by atoms with van der Waals surface area (Å²) in [7, 11) is 0. The highest BCUT2D eigenvalue weighted by molar-refractivity contribution is 5.39. The van der Waals surface area contributed by atoms with Crippen molar-refractivity contribution in [1.82, 2.24) is 0 Å². The lowest BCUT2D eigenvalue weighted by atomic mass is 9.98. The van der Waals surface area contributed by atoms with Gasteiger partial charge in [-0.05, 0) is 18.1 Å². The van der Waals surface area contributed by atoms with E-state index in [-0.39, 0.29) is 12.4 Å². The van der Waals surface area contributed by atoms with Crippen LogP contribution in [-0.2, 0) is 6.61 Å². The Morgan fingerprint density at radius 2 is 2.07 bits per heavy atom. The lowest BCUT2D eigenvalue weighted by molar-refractivity contribution is 0.159. The summed E-state index contributed by atoms with van der Waals surface area (Å²) in [6.07, 6.45) is 2.01. The van der Waals surface area contributed by atoms with Gasteiger partial charge in [0.25, 0.3) is 0 Å². The van der Waals surface area contributed by atoms with Gasteiger partial charge in [0.15, 0.2) is 0 Å². The molecule has 0 fully saturated rings. The average Bonchev–Trinajstić information content (AvgIpc) is 2.25. The Hall–Kier alpha value is -1.06. The van der Waals surface area contributed by atoms with E-state index in [1.54, 1.807) is 12.1 Å². The molecule has 3 heteroatoms. The maximum Gasteiger partial charge on any atom is 0.121 e. The van der Waals surface area contributed by atoms with Gasteiger partial charge < -0.3 is 15.3 Å². The van der Waals surface area contributed by atoms with E-state index in [0.717, 1.165) is 12.8 Å². The zero-order valence-electron chi connectivity index (χ0n) is 8.98. The number of phenols is 1. The topological polar surface area (TPSA) is 60.7 Å². The second kappa shape index (κ2) is 5.73. The molecule has 0 aromatic heterocycles.